The summed E-state index contributed by atoms with van der Waals surface area (Å²) in [5.74, 6) is 0.806. The molecular weight excluding hydrogens is 338 g/mol. The molecule has 5 nitrogen and oxygen atoms in total. The van der Waals surface area contributed by atoms with Gasteiger partial charge in [-0.2, -0.15) is 0 Å². The van der Waals surface area contributed by atoms with Crippen molar-refractivity contribution in [2.24, 2.45) is 5.92 Å². The molecule has 0 aromatic heterocycles. The first-order valence-corrected chi connectivity index (χ1v) is 9.65. The van der Waals surface area contributed by atoms with Crippen LogP contribution in [0.3, 0.4) is 0 Å². The molecular formula is C19H23NO4S. The van der Waals surface area contributed by atoms with E-state index in [9.17, 15) is 14.9 Å². The number of hydrogen-bond acceptors (Lipinski definition) is 5. The summed E-state index contributed by atoms with van der Waals surface area (Å²) in [5, 5.41) is 11.1. The Kier molecular flexibility index (Phi) is 5.18. The van der Waals surface area contributed by atoms with Crippen molar-refractivity contribution in [1.82, 2.24) is 0 Å². The van der Waals surface area contributed by atoms with Crippen molar-refractivity contribution in [2.45, 2.75) is 56.8 Å². The molecule has 2 aliphatic rings. The van der Waals surface area contributed by atoms with Gasteiger partial charge in [0.2, 0.25) is 0 Å². The maximum atomic E-state index is 12.4. The van der Waals surface area contributed by atoms with Crippen LogP contribution in [0.1, 0.15) is 46.0 Å². The lowest BCUT2D eigenvalue weighted by atomic mass is 9.83. The van der Waals surface area contributed by atoms with Gasteiger partial charge in [-0.05, 0) is 43.9 Å². The minimum Gasteiger partial charge on any atom is -0.482 e. The third-order valence-electron chi connectivity index (χ3n) is 5.21. The number of carbonyl (C=O) groups excluding carboxylic acids is 1. The van der Waals surface area contributed by atoms with Gasteiger partial charge in [0.05, 0.1) is 4.92 Å². The molecule has 1 heterocycles. The fourth-order valence-electron chi connectivity index (χ4n) is 3.45. The summed E-state index contributed by atoms with van der Waals surface area (Å²) >= 11 is 1.74. The number of carbonyl (C=O) groups is 1. The number of allylic oxidation sites excluding steroid dienone is 1. The number of rotatable bonds is 4. The second-order valence-corrected chi connectivity index (χ2v) is 8.35. The summed E-state index contributed by atoms with van der Waals surface area (Å²) in [6.45, 7) is 4.06. The molecule has 1 aliphatic heterocycles. The molecule has 1 aromatic rings. The van der Waals surface area contributed by atoms with Gasteiger partial charge in [-0.3, -0.25) is 14.9 Å². The van der Waals surface area contributed by atoms with E-state index in [4.69, 9.17) is 4.74 Å². The maximum absolute atomic E-state index is 12.4. The summed E-state index contributed by atoms with van der Waals surface area (Å²) in [7, 11) is 0. The largest absolute Gasteiger partial charge is 0.482 e. The normalized spacial score (nSPS) is 26.0. The van der Waals surface area contributed by atoms with E-state index < -0.39 is 10.5 Å². The predicted molar refractivity (Wildman–Crippen MR) is 98.8 cm³/mol. The Morgan fingerprint density at radius 2 is 1.80 bits per heavy atom. The molecule has 1 aliphatic carbocycles. The van der Waals surface area contributed by atoms with E-state index in [0.29, 0.717) is 5.75 Å². The predicted octanol–water partition coefficient (Wildman–Crippen LogP) is 4.90. The van der Waals surface area contributed by atoms with E-state index in [1.54, 1.807) is 30.0 Å². The smallest absolute Gasteiger partial charge is 0.269 e. The van der Waals surface area contributed by atoms with Crippen molar-refractivity contribution < 1.29 is 14.5 Å². The first kappa shape index (κ1) is 18.0. The van der Waals surface area contributed by atoms with Crippen LogP contribution in [0.5, 0.6) is 5.75 Å². The van der Waals surface area contributed by atoms with Gasteiger partial charge in [0.15, 0.2) is 5.78 Å². The van der Waals surface area contributed by atoms with Gasteiger partial charge in [-0.25, -0.2) is 0 Å². The van der Waals surface area contributed by atoms with Crippen LogP contribution in [0.15, 0.2) is 35.2 Å². The minimum atomic E-state index is -0.483. The standard InChI is InChI=1S/C19H23NO4S/c1-13-14(2)25-18(12-17(13)21)19(10-4-3-5-11-19)24-16-8-6-15(7-9-16)20(22)23/h6-9,12-14H,3-5,10-11H2,1-2H3. The highest BCUT2D eigenvalue weighted by Crippen LogP contribution is 2.47. The lowest BCUT2D eigenvalue weighted by Crippen LogP contribution is -2.42. The molecule has 0 bridgehead atoms. The van der Waals surface area contributed by atoms with Crippen molar-refractivity contribution >= 4 is 23.2 Å². The van der Waals surface area contributed by atoms with Crippen molar-refractivity contribution in [2.75, 3.05) is 0 Å². The van der Waals surface area contributed by atoms with Crippen LogP contribution >= 0.6 is 11.8 Å². The van der Waals surface area contributed by atoms with Crippen LogP contribution < -0.4 is 4.74 Å². The van der Waals surface area contributed by atoms with Gasteiger partial charge in [0, 0.05) is 28.2 Å². The van der Waals surface area contributed by atoms with Gasteiger partial charge in [0.1, 0.15) is 11.4 Å². The number of thioether (sulfide) groups is 1. The highest BCUT2D eigenvalue weighted by molar-refractivity contribution is 8.03. The van der Waals surface area contributed by atoms with E-state index in [1.165, 1.54) is 18.6 Å². The molecule has 3 rings (SSSR count). The van der Waals surface area contributed by atoms with Gasteiger partial charge >= 0.3 is 0 Å². The third kappa shape index (κ3) is 3.73. The number of non-ortho nitro benzene ring substituents is 1. The molecule has 0 radical (unpaired) electrons. The average Bonchev–Trinajstić information content (AvgIpc) is 2.60. The minimum absolute atomic E-state index is 0.0220. The second kappa shape index (κ2) is 7.20. The Bertz CT molecular complexity index is 692. The number of hydrogen-bond donors (Lipinski definition) is 0. The lowest BCUT2D eigenvalue weighted by molar-refractivity contribution is -0.384. The molecule has 0 spiro atoms. The SMILES string of the molecule is CC1SC(C2(Oc3ccc([N+](=O)[O-])cc3)CCCCC2)=CC(=O)C1C. The monoisotopic (exact) mass is 361 g/mol. The van der Waals surface area contributed by atoms with E-state index in [2.05, 4.69) is 6.92 Å². The third-order valence-corrected chi connectivity index (χ3v) is 6.73. The molecule has 2 atom stereocenters. The summed E-state index contributed by atoms with van der Waals surface area (Å²) in [6, 6.07) is 6.22. The van der Waals surface area contributed by atoms with Crippen molar-refractivity contribution in [3.05, 3.63) is 45.4 Å². The Labute approximate surface area is 152 Å². The van der Waals surface area contributed by atoms with E-state index >= 15 is 0 Å². The number of nitrogens with zero attached hydrogens (tertiary/aromatic N) is 1. The summed E-state index contributed by atoms with van der Waals surface area (Å²) in [6.07, 6.45) is 6.80. The molecule has 0 saturated heterocycles. The van der Waals surface area contributed by atoms with E-state index in [0.717, 1.165) is 30.6 Å². The average molecular weight is 361 g/mol. The van der Waals surface area contributed by atoms with Crippen LogP contribution in [0.4, 0.5) is 5.69 Å². The van der Waals surface area contributed by atoms with Gasteiger partial charge in [0.25, 0.3) is 5.69 Å². The molecule has 0 amide bonds. The molecule has 1 saturated carbocycles. The van der Waals surface area contributed by atoms with Gasteiger partial charge < -0.3 is 4.74 Å². The number of nitro benzene ring substituents is 1. The molecule has 1 fully saturated rings. The number of nitro groups is 1. The zero-order valence-corrected chi connectivity index (χ0v) is 15.4. The van der Waals surface area contributed by atoms with Crippen LogP contribution in [-0.2, 0) is 4.79 Å². The zero-order chi connectivity index (χ0) is 18.0. The molecule has 0 N–H and O–H groups in total. The van der Waals surface area contributed by atoms with Gasteiger partial charge in [-0.1, -0.05) is 20.3 Å². The summed E-state index contributed by atoms with van der Waals surface area (Å²) in [4.78, 5) is 23.8. The van der Waals surface area contributed by atoms with Crippen LogP contribution in [-0.4, -0.2) is 21.6 Å². The van der Waals surface area contributed by atoms with Gasteiger partial charge in [-0.15, -0.1) is 11.8 Å². The number of ether oxygens (including phenoxy) is 1. The van der Waals surface area contributed by atoms with Crippen LogP contribution in [0.25, 0.3) is 0 Å². The Morgan fingerprint density at radius 3 is 2.36 bits per heavy atom. The Balaban J connectivity index is 1.90. The second-order valence-electron chi connectivity index (χ2n) is 6.93. The first-order chi connectivity index (χ1) is 11.9. The maximum Gasteiger partial charge on any atom is 0.269 e. The van der Waals surface area contributed by atoms with Crippen molar-refractivity contribution in [3.8, 4) is 5.75 Å². The van der Waals surface area contributed by atoms with Crippen molar-refractivity contribution in [3.63, 3.8) is 0 Å². The topological polar surface area (TPSA) is 69.4 Å². The highest BCUT2D eigenvalue weighted by Gasteiger charge is 2.42. The quantitative estimate of drug-likeness (QED) is 0.563. The summed E-state index contributed by atoms with van der Waals surface area (Å²) < 4.78 is 6.39. The molecule has 25 heavy (non-hydrogen) atoms. The fraction of sp³-hybridized carbons (Fsp3) is 0.526. The fourth-order valence-corrected chi connectivity index (χ4v) is 4.83. The van der Waals surface area contributed by atoms with Crippen LogP contribution in [0.2, 0.25) is 0 Å². The van der Waals surface area contributed by atoms with E-state index in [1.807, 2.05) is 6.92 Å². The molecule has 134 valence electrons. The van der Waals surface area contributed by atoms with Crippen LogP contribution in [0, 0.1) is 16.0 Å². The summed E-state index contributed by atoms with van der Waals surface area (Å²) in [5.41, 5.74) is -0.433. The molecule has 6 heteroatoms. The Morgan fingerprint density at radius 1 is 1.16 bits per heavy atom. The lowest BCUT2D eigenvalue weighted by Gasteiger charge is -2.41. The number of benzene rings is 1. The van der Waals surface area contributed by atoms with E-state index in [-0.39, 0.29) is 22.6 Å². The highest BCUT2D eigenvalue weighted by atomic mass is 32.2. The first-order valence-electron chi connectivity index (χ1n) is 8.77. The molecule has 1 aromatic carbocycles. The number of ketones is 1. The molecule has 2 unspecified atom stereocenters. The van der Waals surface area contributed by atoms with Crippen molar-refractivity contribution in [1.29, 1.82) is 0 Å². The Hall–Kier alpha value is -1.82. The zero-order valence-electron chi connectivity index (χ0n) is 14.6.